The van der Waals surface area contributed by atoms with Crippen LogP contribution in [0.1, 0.15) is 13.8 Å². The van der Waals surface area contributed by atoms with Gasteiger partial charge in [0.1, 0.15) is 13.2 Å². The molecule has 2 aromatic carbocycles. The lowest BCUT2D eigenvalue weighted by Gasteiger charge is -2.19. The Kier molecular flexibility index (Phi) is 5.82. The summed E-state index contributed by atoms with van der Waals surface area (Å²) in [6.07, 6.45) is 0. The third-order valence-electron chi connectivity index (χ3n) is 4.27. The van der Waals surface area contributed by atoms with Gasteiger partial charge in [-0.2, -0.15) is 4.31 Å². The van der Waals surface area contributed by atoms with E-state index in [1.54, 1.807) is 19.9 Å². The quantitative estimate of drug-likeness (QED) is 0.729. The third-order valence-corrected chi connectivity index (χ3v) is 7.72. The van der Waals surface area contributed by atoms with Crippen LogP contribution in [0.15, 0.2) is 52.3 Å². The molecule has 0 spiro atoms. The minimum atomic E-state index is -3.87. The van der Waals surface area contributed by atoms with Gasteiger partial charge in [-0.15, -0.1) is 0 Å². The molecule has 0 radical (unpaired) electrons. The summed E-state index contributed by atoms with van der Waals surface area (Å²) in [5.41, 5.74) is 0.258. The highest BCUT2D eigenvalue weighted by atomic mass is 32.2. The van der Waals surface area contributed by atoms with E-state index in [9.17, 15) is 16.8 Å². The zero-order chi connectivity index (χ0) is 20.4. The summed E-state index contributed by atoms with van der Waals surface area (Å²) in [6, 6.07) is 9.98. The predicted molar refractivity (Wildman–Crippen MR) is 105 cm³/mol. The maximum Gasteiger partial charge on any atom is 0.262 e. The molecule has 0 aliphatic carbocycles. The molecule has 1 heterocycles. The lowest BCUT2D eigenvalue weighted by molar-refractivity contribution is 0.171. The fraction of sp³-hybridized carbons (Fsp3) is 0.333. The fourth-order valence-corrected chi connectivity index (χ4v) is 5.34. The van der Waals surface area contributed by atoms with Gasteiger partial charge in [-0.25, -0.2) is 16.8 Å². The van der Waals surface area contributed by atoms with E-state index in [0.717, 1.165) is 0 Å². The molecule has 1 N–H and O–H groups in total. The highest BCUT2D eigenvalue weighted by Gasteiger charge is 2.22. The molecule has 0 saturated carbocycles. The van der Waals surface area contributed by atoms with Crippen molar-refractivity contribution < 1.29 is 26.3 Å². The molecule has 10 heteroatoms. The molecule has 28 heavy (non-hydrogen) atoms. The lowest BCUT2D eigenvalue weighted by Crippen LogP contribution is -2.30. The van der Waals surface area contributed by atoms with E-state index in [1.807, 2.05) is 0 Å². The standard InChI is InChI=1S/C18H22N2O6S2/c1-3-20(4-2)28(23,24)15-7-5-14(6-8-15)19-27(21,22)16-9-10-17-18(13-16)26-12-11-25-17/h5-10,13,19H,3-4,11-12H2,1-2H3. The Morgan fingerprint density at radius 3 is 2.04 bits per heavy atom. The van der Waals surface area contributed by atoms with E-state index < -0.39 is 20.0 Å². The van der Waals surface area contributed by atoms with Crippen LogP contribution < -0.4 is 14.2 Å². The number of nitrogens with one attached hydrogen (secondary N) is 1. The molecule has 3 rings (SSSR count). The molecule has 1 aliphatic rings. The van der Waals surface area contributed by atoms with E-state index in [1.165, 1.54) is 40.7 Å². The van der Waals surface area contributed by atoms with Gasteiger partial charge in [0.15, 0.2) is 11.5 Å². The number of ether oxygens (including phenoxy) is 2. The second-order valence-electron chi connectivity index (χ2n) is 6.02. The highest BCUT2D eigenvalue weighted by molar-refractivity contribution is 7.92. The Labute approximate surface area is 165 Å². The van der Waals surface area contributed by atoms with Crippen LogP contribution in [0.4, 0.5) is 5.69 Å². The molecule has 0 amide bonds. The minimum Gasteiger partial charge on any atom is -0.486 e. The Morgan fingerprint density at radius 1 is 0.857 bits per heavy atom. The summed E-state index contributed by atoms with van der Waals surface area (Å²) in [5.74, 6) is 0.867. The predicted octanol–water partition coefficient (Wildman–Crippen LogP) is 2.29. The van der Waals surface area contributed by atoms with Crippen molar-refractivity contribution in [1.82, 2.24) is 4.31 Å². The van der Waals surface area contributed by atoms with E-state index in [4.69, 9.17) is 9.47 Å². The van der Waals surface area contributed by atoms with Crippen LogP contribution in [0.5, 0.6) is 11.5 Å². The van der Waals surface area contributed by atoms with Crippen LogP contribution >= 0.6 is 0 Å². The van der Waals surface area contributed by atoms with Crippen LogP contribution in [0.2, 0.25) is 0 Å². The Bertz CT molecular complexity index is 1050. The summed E-state index contributed by atoms with van der Waals surface area (Å²) in [7, 11) is -7.46. The molecule has 0 saturated heterocycles. The van der Waals surface area contributed by atoms with Crippen molar-refractivity contribution in [2.75, 3.05) is 31.0 Å². The maximum absolute atomic E-state index is 12.6. The Morgan fingerprint density at radius 2 is 1.43 bits per heavy atom. The molecule has 0 aromatic heterocycles. The number of hydrogen-bond donors (Lipinski definition) is 1. The van der Waals surface area contributed by atoms with Gasteiger partial charge in [0.05, 0.1) is 9.79 Å². The minimum absolute atomic E-state index is 0.0246. The smallest absolute Gasteiger partial charge is 0.262 e. The first-order valence-corrected chi connectivity index (χ1v) is 11.7. The van der Waals surface area contributed by atoms with Gasteiger partial charge in [0.2, 0.25) is 10.0 Å². The molecule has 0 atom stereocenters. The Balaban J connectivity index is 1.82. The number of benzene rings is 2. The number of nitrogens with zero attached hydrogens (tertiary/aromatic N) is 1. The van der Waals surface area contributed by atoms with Crippen molar-refractivity contribution in [3.05, 3.63) is 42.5 Å². The van der Waals surface area contributed by atoms with Gasteiger partial charge in [-0.1, -0.05) is 13.8 Å². The first kappa shape index (κ1) is 20.4. The van der Waals surface area contributed by atoms with Crippen molar-refractivity contribution in [3.63, 3.8) is 0 Å². The average Bonchev–Trinajstić information content (AvgIpc) is 2.68. The molecule has 152 valence electrons. The molecule has 0 unspecified atom stereocenters. The molecule has 0 fully saturated rings. The Hall–Kier alpha value is -2.30. The largest absolute Gasteiger partial charge is 0.486 e. The summed E-state index contributed by atoms with van der Waals surface area (Å²) in [6.45, 7) is 5.01. The lowest BCUT2D eigenvalue weighted by atomic mass is 10.3. The second kappa shape index (κ2) is 7.98. The number of fused-ring (bicyclic) bond motifs is 1. The van der Waals surface area contributed by atoms with Crippen LogP contribution in [-0.4, -0.2) is 47.4 Å². The summed E-state index contributed by atoms with van der Waals surface area (Å²) in [4.78, 5) is 0.134. The molecule has 0 bridgehead atoms. The topological polar surface area (TPSA) is 102 Å². The summed E-state index contributed by atoms with van der Waals surface area (Å²) < 4.78 is 64.9. The molecule has 1 aliphatic heterocycles. The highest BCUT2D eigenvalue weighted by Crippen LogP contribution is 2.32. The first-order chi connectivity index (χ1) is 13.3. The van der Waals surface area contributed by atoms with Gasteiger partial charge >= 0.3 is 0 Å². The van der Waals surface area contributed by atoms with Gasteiger partial charge in [0.25, 0.3) is 10.0 Å². The van der Waals surface area contributed by atoms with Crippen molar-refractivity contribution >= 4 is 25.7 Å². The number of hydrogen-bond acceptors (Lipinski definition) is 6. The first-order valence-electron chi connectivity index (χ1n) is 8.80. The van der Waals surface area contributed by atoms with Crippen LogP contribution in [-0.2, 0) is 20.0 Å². The normalized spacial score (nSPS) is 14.1. The van der Waals surface area contributed by atoms with Gasteiger partial charge in [0, 0.05) is 24.8 Å². The van der Waals surface area contributed by atoms with Gasteiger partial charge in [-0.3, -0.25) is 4.72 Å². The number of sulfonamides is 2. The number of rotatable bonds is 7. The van der Waals surface area contributed by atoms with Crippen LogP contribution in [0, 0.1) is 0 Å². The number of anilines is 1. The zero-order valence-electron chi connectivity index (χ0n) is 15.6. The van der Waals surface area contributed by atoms with Crippen LogP contribution in [0.3, 0.4) is 0 Å². The molecule has 2 aromatic rings. The van der Waals surface area contributed by atoms with E-state index in [-0.39, 0.29) is 15.5 Å². The van der Waals surface area contributed by atoms with E-state index in [0.29, 0.717) is 37.8 Å². The van der Waals surface area contributed by atoms with Gasteiger partial charge in [-0.05, 0) is 36.4 Å². The third kappa shape index (κ3) is 4.08. The molecular formula is C18H22N2O6S2. The van der Waals surface area contributed by atoms with Gasteiger partial charge < -0.3 is 9.47 Å². The SMILES string of the molecule is CCN(CC)S(=O)(=O)c1ccc(NS(=O)(=O)c2ccc3c(c2)OCCO3)cc1. The molecular weight excluding hydrogens is 404 g/mol. The van der Waals surface area contributed by atoms with Crippen LogP contribution in [0.25, 0.3) is 0 Å². The van der Waals surface area contributed by atoms with Crippen molar-refractivity contribution in [2.45, 2.75) is 23.6 Å². The zero-order valence-corrected chi connectivity index (χ0v) is 17.2. The summed E-state index contributed by atoms with van der Waals surface area (Å²) in [5, 5.41) is 0. The van der Waals surface area contributed by atoms with E-state index in [2.05, 4.69) is 4.72 Å². The monoisotopic (exact) mass is 426 g/mol. The summed E-state index contributed by atoms with van der Waals surface area (Å²) >= 11 is 0. The van der Waals surface area contributed by atoms with Crippen molar-refractivity contribution in [2.24, 2.45) is 0 Å². The average molecular weight is 427 g/mol. The van der Waals surface area contributed by atoms with E-state index >= 15 is 0 Å². The fourth-order valence-electron chi connectivity index (χ4n) is 2.81. The van der Waals surface area contributed by atoms with Crippen molar-refractivity contribution in [3.8, 4) is 11.5 Å². The molecule has 8 nitrogen and oxygen atoms in total. The maximum atomic E-state index is 12.6. The second-order valence-corrected chi connectivity index (χ2v) is 9.65. The van der Waals surface area contributed by atoms with Crippen molar-refractivity contribution in [1.29, 1.82) is 0 Å².